The number of ether oxygens (including phenoxy) is 2. The van der Waals surface area contributed by atoms with Gasteiger partial charge in [-0.25, -0.2) is 0 Å². The fraction of sp³-hybridized carbons (Fsp3) is 0.824. The Morgan fingerprint density at radius 1 is 0.533 bits per heavy atom. The second kappa shape index (κ2) is 44.1. The first-order valence-corrected chi connectivity index (χ1v) is 26.3. The molecular weight excluding hydrogens is 770 g/mol. The standard InChI is InChI=1S/C51H96NO7P/c1-6-8-10-12-14-16-18-20-22-24-25-26-27-28-29-30-32-34-36-38-40-42-44-51(53)59-50(49-58-60(54,55)57-47-45-52(3,4)5)48-56-46-43-41-39-37-35-33-31-23-21-19-17-15-13-11-9-7-2/h9,11,15,17,21,23,33,35,50H,6-8,10,12-14,16,18-20,22,24-32,34,36-49H2,1-5H3/b11-9-,17-15-,23-21-,35-33-. The van der Waals surface area contributed by atoms with E-state index in [0.717, 1.165) is 70.6 Å². The molecular formula is C51H96NO7P. The summed E-state index contributed by atoms with van der Waals surface area (Å²) < 4.78 is 34.7. The molecule has 2 unspecified atom stereocenters. The van der Waals surface area contributed by atoms with Crippen LogP contribution in [0.1, 0.15) is 213 Å². The lowest BCUT2D eigenvalue weighted by atomic mass is 10.0. The second-order valence-electron chi connectivity index (χ2n) is 17.8. The molecule has 0 heterocycles. The van der Waals surface area contributed by atoms with E-state index in [-0.39, 0.29) is 25.8 Å². The maximum absolute atomic E-state index is 12.7. The normalized spacial score (nSPS) is 14.0. The molecule has 0 aliphatic carbocycles. The van der Waals surface area contributed by atoms with Crippen molar-refractivity contribution in [2.24, 2.45) is 0 Å². The Bertz CT molecular complexity index is 1100. The predicted octanol–water partition coefficient (Wildman–Crippen LogP) is 14.5. The third kappa shape index (κ3) is 47.5. The summed E-state index contributed by atoms with van der Waals surface area (Å²) in [5, 5.41) is 0. The molecule has 0 aromatic heterocycles. The third-order valence-corrected chi connectivity index (χ3v) is 11.6. The van der Waals surface area contributed by atoms with Gasteiger partial charge in [0, 0.05) is 13.0 Å². The van der Waals surface area contributed by atoms with Crippen LogP contribution in [0.3, 0.4) is 0 Å². The molecule has 0 aliphatic rings. The van der Waals surface area contributed by atoms with Gasteiger partial charge in [0.1, 0.15) is 19.3 Å². The van der Waals surface area contributed by atoms with Crippen LogP contribution in [-0.4, -0.2) is 70.7 Å². The highest BCUT2D eigenvalue weighted by molar-refractivity contribution is 7.45. The first-order chi connectivity index (χ1) is 29.1. The minimum atomic E-state index is -4.54. The molecule has 8 nitrogen and oxygen atoms in total. The zero-order valence-corrected chi connectivity index (χ0v) is 40.8. The molecule has 0 aliphatic heterocycles. The number of esters is 1. The molecule has 0 saturated carbocycles. The lowest BCUT2D eigenvalue weighted by Gasteiger charge is -2.28. The van der Waals surface area contributed by atoms with Gasteiger partial charge in [0.15, 0.2) is 0 Å². The first kappa shape index (κ1) is 58.5. The minimum absolute atomic E-state index is 0.0195. The molecule has 9 heteroatoms. The maximum Gasteiger partial charge on any atom is 0.306 e. The molecule has 0 saturated heterocycles. The Morgan fingerprint density at radius 3 is 1.43 bits per heavy atom. The van der Waals surface area contributed by atoms with Gasteiger partial charge in [0.05, 0.1) is 34.4 Å². The predicted molar refractivity (Wildman–Crippen MR) is 254 cm³/mol. The van der Waals surface area contributed by atoms with Crippen LogP contribution in [0.5, 0.6) is 0 Å². The molecule has 0 radical (unpaired) electrons. The van der Waals surface area contributed by atoms with Crippen molar-refractivity contribution in [2.45, 2.75) is 219 Å². The van der Waals surface area contributed by atoms with Crippen LogP contribution in [0.25, 0.3) is 0 Å². The van der Waals surface area contributed by atoms with Crippen molar-refractivity contribution in [3.8, 4) is 0 Å². The van der Waals surface area contributed by atoms with Crippen molar-refractivity contribution in [1.29, 1.82) is 0 Å². The number of hydrogen-bond donors (Lipinski definition) is 0. The molecule has 0 amide bonds. The summed E-state index contributed by atoms with van der Waals surface area (Å²) in [6.45, 7) is 5.24. The topological polar surface area (TPSA) is 94.1 Å². The maximum atomic E-state index is 12.7. The van der Waals surface area contributed by atoms with E-state index in [9.17, 15) is 14.3 Å². The van der Waals surface area contributed by atoms with Crippen molar-refractivity contribution >= 4 is 13.8 Å². The molecule has 0 aromatic carbocycles. The van der Waals surface area contributed by atoms with Crippen molar-refractivity contribution in [3.63, 3.8) is 0 Å². The third-order valence-electron chi connectivity index (χ3n) is 10.6. The first-order valence-electron chi connectivity index (χ1n) is 24.9. The van der Waals surface area contributed by atoms with E-state index in [1.54, 1.807) is 0 Å². The van der Waals surface area contributed by atoms with E-state index in [1.165, 1.54) is 122 Å². The molecule has 352 valence electrons. The van der Waals surface area contributed by atoms with Crippen molar-refractivity contribution in [1.82, 2.24) is 0 Å². The van der Waals surface area contributed by atoms with Crippen LogP contribution in [0.4, 0.5) is 0 Å². The number of carbonyl (C=O) groups excluding carboxylic acids is 1. The summed E-state index contributed by atoms with van der Waals surface area (Å²) in [5.74, 6) is -0.343. The van der Waals surface area contributed by atoms with Crippen LogP contribution in [0.2, 0.25) is 0 Å². The monoisotopic (exact) mass is 866 g/mol. The number of phosphoric ester groups is 1. The second-order valence-corrected chi connectivity index (χ2v) is 19.2. The Kier molecular flexibility index (Phi) is 43.0. The van der Waals surface area contributed by atoms with E-state index in [4.69, 9.17) is 18.5 Å². The number of allylic oxidation sites excluding steroid dienone is 8. The zero-order valence-electron chi connectivity index (χ0n) is 39.9. The molecule has 0 rings (SSSR count). The molecule has 0 bridgehead atoms. The molecule has 2 atom stereocenters. The average Bonchev–Trinajstić information content (AvgIpc) is 3.20. The van der Waals surface area contributed by atoms with E-state index in [2.05, 4.69) is 62.5 Å². The van der Waals surface area contributed by atoms with E-state index in [1.807, 2.05) is 21.1 Å². The number of likely N-dealkylation sites (N-methyl/N-ethyl adjacent to an activating group) is 1. The summed E-state index contributed by atoms with van der Waals surface area (Å²) in [6.07, 6.45) is 54.3. The summed E-state index contributed by atoms with van der Waals surface area (Å²) in [4.78, 5) is 25.1. The number of phosphoric acid groups is 1. The van der Waals surface area contributed by atoms with Crippen molar-refractivity contribution in [2.75, 3.05) is 54.1 Å². The highest BCUT2D eigenvalue weighted by Gasteiger charge is 2.20. The number of carbonyl (C=O) groups is 1. The number of nitrogens with zero attached hydrogens (tertiary/aromatic N) is 1. The number of quaternary nitrogens is 1. The summed E-state index contributed by atoms with van der Waals surface area (Å²) in [6, 6.07) is 0. The van der Waals surface area contributed by atoms with Crippen LogP contribution >= 0.6 is 7.82 Å². The van der Waals surface area contributed by atoms with Gasteiger partial charge in [-0.1, -0.05) is 204 Å². The Hall–Kier alpha value is -1.54. The van der Waals surface area contributed by atoms with Crippen LogP contribution in [0, 0.1) is 0 Å². The van der Waals surface area contributed by atoms with E-state index in [0.29, 0.717) is 24.1 Å². The van der Waals surface area contributed by atoms with Crippen LogP contribution in [0.15, 0.2) is 48.6 Å². The summed E-state index contributed by atoms with van der Waals surface area (Å²) in [7, 11) is 1.34. The molecule has 0 aromatic rings. The smallest absolute Gasteiger partial charge is 0.306 e. The average molecular weight is 866 g/mol. The largest absolute Gasteiger partial charge is 0.756 e. The summed E-state index contributed by atoms with van der Waals surface area (Å²) >= 11 is 0. The Morgan fingerprint density at radius 2 is 0.967 bits per heavy atom. The van der Waals surface area contributed by atoms with Gasteiger partial charge in [-0.05, 0) is 51.4 Å². The fourth-order valence-corrected chi connectivity index (χ4v) is 7.56. The van der Waals surface area contributed by atoms with E-state index >= 15 is 0 Å². The number of unbranched alkanes of at least 4 members (excludes halogenated alkanes) is 24. The van der Waals surface area contributed by atoms with Gasteiger partial charge in [-0.3, -0.25) is 9.36 Å². The van der Waals surface area contributed by atoms with Gasteiger partial charge in [0.2, 0.25) is 0 Å². The Labute approximate surface area is 371 Å². The molecule has 60 heavy (non-hydrogen) atoms. The van der Waals surface area contributed by atoms with Gasteiger partial charge < -0.3 is 27.9 Å². The number of hydrogen-bond acceptors (Lipinski definition) is 7. The molecule has 0 spiro atoms. The zero-order chi connectivity index (χ0) is 44.1. The molecule has 0 fully saturated rings. The lowest BCUT2D eigenvalue weighted by Crippen LogP contribution is -2.37. The minimum Gasteiger partial charge on any atom is -0.756 e. The molecule has 0 N–H and O–H groups in total. The highest BCUT2D eigenvalue weighted by atomic mass is 31.2. The number of rotatable bonds is 46. The fourth-order valence-electron chi connectivity index (χ4n) is 6.83. The quantitative estimate of drug-likeness (QED) is 0.0198. The SMILES string of the molecule is CC/C=C\C/C=C\C/C=C\C/C=C\CCCCCOCC(COP(=O)([O-])OCC[N+](C)(C)C)OC(=O)CCCCCCCCCCCCCCCCCCCCCCCC. The van der Waals surface area contributed by atoms with Crippen LogP contribution < -0.4 is 4.89 Å². The van der Waals surface area contributed by atoms with Gasteiger partial charge in [0.25, 0.3) is 7.82 Å². The van der Waals surface area contributed by atoms with Crippen LogP contribution in [-0.2, 0) is 27.9 Å². The lowest BCUT2D eigenvalue weighted by molar-refractivity contribution is -0.870. The van der Waals surface area contributed by atoms with Gasteiger partial charge in [-0.15, -0.1) is 0 Å². The van der Waals surface area contributed by atoms with Crippen molar-refractivity contribution in [3.05, 3.63) is 48.6 Å². The summed E-state index contributed by atoms with van der Waals surface area (Å²) in [5.41, 5.74) is 0. The highest BCUT2D eigenvalue weighted by Crippen LogP contribution is 2.38. The Balaban J connectivity index is 4.16. The van der Waals surface area contributed by atoms with E-state index < -0.39 is 13.9 Å². The van der Waals surface area contributed by atoms with Crippen molar-refractivity contribution < 1.29 is 37.3 Å². The van der Waals surface area contributed by atoms with Gasteiger partial charge >= 0.3 is 5.97 Å². The van der Waals surface area contributed by atoms with Gasteiger partial charge in [-0.2, -0.15) is 0 Å².